The number of anilines is 1. The van der Waals surface area contributed by atoms with Gasteiger partial charge in [-0.15, -0.1) is 0 Å². The van der Waals surface area contributed by atoms with Crippen molar-refractivity contribution in [3.8, 4) is 0 Å². The molecule has 36 heavy (non-hydrogen) atoms. The van der Waals surface area contributed by atoms with E-state index in [-0.39, 0.29) is 31.3 Å². The molecular formula is C27H38BrN3O4S. The van der Waals surface area contributed by atoms with Gasteiger partial charge in [0.1, 0.15) is 6.04 Å². The lowest BCUT2D eigenvalue weighted by molar-refractivity contribution is -0.140. The van der Waals surface area contributed by atoms with Crippen molar-refractivity contribution < 1.29 is 18.0 Å². The smallest absolute Gasteiger partial charge is 0.242 e. The summed E-state index contributed by atoms with van der Waals surface area (Å²) in [6, 6.07) is 12.6. The third kappa shape index (κ3) is 9.24. The predicted molar refractivity (Wildman–Crippen MR) is 149 cm³/mol. The number of amides is 2. The van der Waals surface area contributed by atoms with Crippen LogP contribution in [0.25, 0.3) is 0 Å². The fourth-order valence-electron chi connectivity index (χ4n) is 4.05. The number of unbranched alkanes of at least 4 members (excludes halogenated alkanes) is 1. The third-order valence-corrected chi connectivity index (χ3v) is 7.57. The summed E-state index contributed by atoms with van der Waals surface area (Å²) < 4.78 is 27.3. The highest BCUT2D eigenvalue weighted by atomic mass is 79.9. The Hall–Kier alpha value is -2.39. The van der Waals surface area contributed by atoms with Crippen LogP contribution in [0.4, 0.5) is 5.69 Å². The summed E-state index contributed by atoms with van der Waals surface area (Å²) >= 11 is 3.46. The summed E-state index contributed by atoms with van der Waals surface area (Å²) in [6.07, 6.45) is 3.47. The number of benzene rings is 2. The average Bonchev–Trinajstić information content (AvgIpc) is 2.78. The number of carbonyl (C=O) groups excluding carboxylic acids is 2. The average molecular weight is 581 g/mol. The molecule has 1 atom stereocenters. The summed E-state index contributed by atoms with van der Waals surface area (Å²) in [6.45, 7) is 8.66. The van der Waals surface area contributed by atoms with E-state index < -0.39 is 16.1 Å². The van der Waals surface area contributed by atoms with Crippen LogP contribution in [-0.4, -0.2) is 50.5 Å². The second-order valence-corrected chi connectivity index (χ2v) is 12.1. The van der Waals surface area contributed by atoms with E-state index in [1.807, 2.05) is 56.3 Å². The summed E-state index contributed by atoms with van der Waals surface area (Å²) in [5.41, 5.74) is 3.44. The van der Waals surface area contributed by atoms with Crippen molar-refractivity contribution in [3.63, 3.8) is 0 Å². The molecule has 7 nitrogen and oxygen atoms in total. The summed E-state index contributed by atoms with van der Waals surface area (Å²) in [7, 11) is -3.53. The molecule has 2 amide bonds. The van der Waals surface area contributed by atoms with Crippen molar-refractivity contribution in [2.45, 2.75) is 66.0 Å². The Morgan fingerprint density at radius 2 is 1.72 bits per heavy atom. The molecular weight excluding hydrogens is 542 g/mol. The van der Waals surface area contributed by atoms with Crippen LogP contribution < -0.4 is 9.62 Å². The fourth-order valence-corrected chi connectivity index (χ4v) is 5.45. The van der Waals surface area contributed by atoms with Crippen LogP contribution in [0, 0.1) is 13.8 Å². The van der Waals surface area contributed by atoms with Crippen LogP contribution in [0.5, 0.6) is 0 Å². The molecule has 0 aliphatic rings. The molecule has 0 heterocycles. The van der Waals surface area contributed by atoms with E-state index in [0.717, 1.165) is 34.0 Å². The van der Waals surface area contributed by atoms with Crippen LogP contribution in [0.3, 0.4) is 0 Å². The minimum Gasteiger partial charge on any atom is -0.354 e. The van der Waals surface area contributed by atoms with Crippen molar-refractivity contribution in [2.24, 2.45) is 0 Å². The Morgan fingerprint density at radius 1 is 1.06 bits per heavy atom. The van der Waals surface area contributed by atoms with Crippen LogP contribution in [0.1, 0.15) is 56.2 Å². The molecule has 1 unspecified atom stereocenters. The molecule has 0 fully saturated rings. The Kier molecular flexibility index (Phi) is 11.4. The molecule has 9 heteroatoms. The number of carbonyl (C=O) groups is 2. The van der Waals surface area contributed by atoms with Crippen molar-refractivity contribution in [3.05, 3.63) is 63.6 Å². The lowest BCUT2D eigenvalue weighted by Gasteiger charge is -2.29. The number of aryl methyl sites for hydroxylation is 2. The first-order chi connectivity index (χ1) is 16.9. The Morgan fingerprint density at radius 3 is 2.31 bits per heavy atom. The van der Waals surface area contributed by atoms with Gasteiger partial charge in [0.2, 0.25) is 21.8 Å². The number of hydrogen-bond donors (Lipinski definition) is 1. The molecule has 0 aromatic heterocycles. The fraction of sp³-hybridized carbons (Fsp3) is 0.481. The lowest BCUT2D eigenvalue weighted by atomic mass is 10.1. The van der Waals surface area contributed by atoms with E-state index in [4.69, 9.17) is 0 Å². The second-order valence-electron chi connectivity index (χ2n) is 9.26. The quantitative estimate of drug-likeness (QED) is 0.340. The van der Waals surface area contributed by atoms with Crippen molar-refractivity contribution in [1.82, 2.24) is 10.2 Å². The molecule has 2 rings (SSSR count). The van der Waals surface area contributed by atoms with Crippen LogP contribution in [0.15, 0.2) is 46.9 Å². The van der Waals surface area contributed by atoms with Gasteiger partial charge in [-0.3, -0.25) is 13.9 Å². The van der Waals surface area contributed by atoms with E-state index in [2.05, 4.69) is 28.2 Å². The molecule has 1 N–H and O–H groups in total. The van der Waals surface area contributed by atoms with Gasteiger partial charge in [-0.1, -0.05) is 47.5 Å². The van der Waals surface area contributed by atoms with Crippen molar-refractivity contribution >= 4 is 43.5 Å². The number of sulfonamides is 1. The number of nitrogens with one attached hydrogen (secondary N) is 1. The number of hydrogen-bond acceptors (Lipinski definition) is 4. The predicted octanol–water partition coefficient (Wildman–Crippen LogP) is 4.95. The van der Waals surface area contributed by atoms with Gasteiger partial charge in [-0.25, -0.2) is 8.42 Å². The maximum Gasteiger partial charge on any atom is 0.242 e. The van der Waals surface area contributed by atoms with Crippen LogP contribution >= 0.6 is 15.9 Å². The SMILES string of the molecule is CCCCNC(=O)C(C)N(Cc1cccc(Br)c1)C(=O)CCCN(c1cc(C)cc(C)c1)S(C)(=O)=O. The molecule has 2 aromatic carbocycles. The van der Waals surface area contributed by atoms with E-state index in [9.17, 15) is 18.0 Å². The van der Waals surface area contributed by atoms with Crippen LogP contribution in [0.2, 0.25) is 0 Å². The first kappa shape index (κ1) is 29.8. The zero-order valence-electron chi connectivity index (χ0n) is 21.9. The minimum atomic E-state index is -3.53. The van der Waals surface area contributed by atoms with Gasteiger partial charge in [-0.05, 0) is 74.6 Å². The molecule has 0 bridgehead atoms. The maximum absolute atomic E-state index is 13.4. The van der Waals surface area contributed by atoms with E-state index in [0.29, 0.717) is 18.7 Å². The highest BCUT2D eigenvalue weighted by Crippen LogP contribution is 2.22. The maximum atomic E-state index is 13.4. The normalized spacial score (nSPS) is 12.2. The molecule has 0 aliphatic carbocycles. The van der Waals surface area contributed by atoms with E-state index in [1.54, 1.807) is 11.8 Å². The Labute approximate surface area is 224 Å². The number of nitrogens with zero attached hydrogens (tertiary/aromatic N) is 2. The van der Waals surface area contributed by atoms with Gasteiger partial charge >= 0.3 is 0 Å². The molecule has 0 spiro atoms. The van der Waals surface area contributed by atoms with Gasteiger partial charge in [0.25, 0.3) is 0 Å². The van der Waals surface area contributed by atoms with E-state index in [1.165, 1.54) is 10.6 Å². The van der Waals surface area contributed by atoms with Gasteiger partial charge in [0, 0.05) is 30.5 Å². The summed E-state index contributed by atoms with van der Waals surface area (Å²) in [5.74, 6) is -0.387. The monoisotopic (exact) mass is 579 g/mol. The molecule has 0 saturated carbocycles. The number of halogens is 1. The van der Waals surface area contributed by atoms with Gasteiger partial charge in [0.05, 0.1) is 11.9 Å². The lowest BCUT2D eigenvalue weighted by Crippen LogP contribution is -2.48. The van der Waals surface area contributed by atoms with Crippen LogP contribution in [-0.2, 0) is 26.2 Å². The summed E-state index contributed by atoms with van der Waals surface area (Å²) in [5, 5.41) is 2.91. The Bertz CT molecular complexity index is 1130. The highest BCUT2D eigenvalue weighted by Gasteiger charge is 2.26. The van der Waals surface area contributed by atoms with E-state index >= 15 is 0 Å². The zero-order chi connectivity index (χ0) is 26.9. The molecule has 198 valence electrons. The van der Waals surface area contributed by atoms with Gasteiger partial charge in [-0.2, -0.15) is 0 Å². The Balaban J connectivity index is 2.17. The molecule has 0 saturated heterocycles. The standard InChI is InChI=1S/C27H38BrN3O4S/c1-6-7-13-29-27(33)22(4)30(19-23-10-8-11-24(28)18-23)26(32)12-9-14-31(36(5,34)35)25-16-20(2)15-21(3)17-25/h8,10-11,15-18,22H,6-7,9,12-14,19H2,1-5H3,(H,29,33). The molecule has 0 radical (unpaired) electrons. The van der Waals surface area contributed by atoms with Gasteiger partial charge in [0.15, 0.2) is 0 Å². The number of rotatable bonds is 13. The second kappa shape index (κ2) is 13.8. The van der Waals surface area contributed by atoms with Crippen molar-refractivity contribution in [1.29, 1.82) is 0 Å². The zero-order valence-corrected chi connectivity index (χ0v) is 24.3. The third-order valence-electron chi connectivity index (χ3n) is 5.89. The first-order valence-electron chi connectivity index (χ1n) is 12.3. The topological polar surface area (TPSA) is 86.8 Å². The molecule has 0 aliphatic heterocycles. The highest BCUT2D eigenvalue weighted by molar-refractivity contribution is 9.10. The summed E-state index contributed by atoms with van der Waals surface area (Å²) in [4.78, 5) is 27.7. The van der Waals surface area contributed by atoms with Gasteiger partial charge < -0.3 is 10.2 Å². The van der Waals surface area contributed by atoms with Crippen molar-refractivity contribution in [2.75, 3.05) is 23.7 Å². The first-order valence-corrected chi connectivity index (χ1v) is 14.9. The largest absolute Gasteiger partial charge is 0.354 e. The minimum absolute atomic E-state index is 0.122. The molecule has 2 aromatic rings.